The van der Waals surface area contributed by atoms with Gasteiger partial charge in [-0.3, -0.25) is 19.7 Å². The number of nitro benzene ring substituents is 1. The lowest BCUT2D eigenvalue weighted by atomic mass is 9.98. The Kier molecular flexibility index (Phi) is 6.03. The van der Waals surface area contributed by atoms with Gasteiger partial charge in [-0.15, -0.1) is 0 Å². The third-order valence-corrected chi connectivity index (χ3v) is 4.59. The molecule has 0 aliphatic rings. The number of benzene rings is 3. The second kappa shape index (κ2) is 8.67. The van der Waals surface area contributed by atoms with Crippen LogP contribution in [-0.4, -0.2) is 22.5 Å². The molecule has 0 bridgehead atoms. The van der Waals surface area contributed by atoms with Gasteiger partial charge in [0.05, 0.1) is 10.5 Å². The van der Waals surface area contributed by atoms with Crippen LogP contribution in [-0.2, 0) is 0 Å². The van der Waals surface area contributed by atoms with Gasteiger partial charge < -0.3 is 4.74 Å². The van der Waals surface area contributed by atoms with Crippen LogP contribution in [0.15, 0.2) is 66.7 Å². The van der Waals surface area contributed by atoms with E-state index in [1.165, 1.54) is 55.5 Å². The van der Waals surface area contributed by atoms with E-state index in [2.05, 4.69) is 0 Å². The minimum absolute atomic E-state index is 0.00394. The van der Waals surface area contributed by atoms with E-state index in [9.17, 15) is 24.5 Å². The molecule has 0 radical (unpaired) electrons. The summed E-state index contributed by atoms with van der Waals surface area (Å²) in [5.41, 5.74) is 0.0928. The Labute approximate surface area is 176 Å². The van der Waals surface area contributed by atoms with Crippen molar-refractivity contribution >= 4 is 34.8 Å². The monoisotopic (exact) mass is 423 g/mol. The molecule has 0 N–H and O–H groups in total. The van der Waals surface area contributed by atoms with Crippen molar-refractivity contribution in [2.75, 3.05) is 0 Å². The SMILES string of the molecule is CC(=O)c1ccc(OC(=O)c2ccccc2C(=O)c2ccc(Cl)c([N+](=O)[O-])c2)cc1. The van der Waals surface area contributed by atoms with E-state index in [1.807, 2.05) is 0 Å². The second-order valence-electron chi connectivity index (χ2n) is 6.27. The van der Waals surface area contributed by atoms with Crippen molar-refractivity contribution < 1.29 is 24.0 Å². The average molecular weight is 424 g/mol. The molecule has 0 saturated carbocycles. The highest BCUT2D eigenvalue weighted by atomic mass is 35.5. The Morgan fingerprint density at radius 1 is 0.900 bits per heavy atom. The highest BCUT2D eigenvalue weighted by molar-refractivity contribution is 6.33. The summed E-state index contributed by atoms with van der Waals surface area (Å²) >= 11 is 5.80. The zero-order valence-corrected chi connectivity index (χ0v) is 16.4. The maximum atomic E-state index is 12.9. The fourth-order valence-electron chi connectivity index (χ4n) is 2.73. The first kappa shape index (κ1) is 20.9. The molecule has 0 aliphatic heterocycles. The maximum Gasteiger partial charge on any atom is 0.344 e. The summed E-state index contributed by atoms with van der Waals surface area (Å²) in [5.74, 6) is -1.29. The summed E-state index contributed by atoms with van der Waals surface area (Å²) in [4.78, 5) is 47.3. The second-order valence-corrected chi connectivity index (χ2v) is 6.68. The molecular weight excluding hydrogens is 410 g/mol. The molecule has 30 heavy (non-hydrogen) atoms. The topological polar surface area (TPSA) is 104 Å². The Bertz CT molecular complexity index is 1170. The standard InChI is InChI=1S/C22H14ClNO6/c1-13(25)14-6-9-16(10-7-14)30-22(27)18-5-3-2-4-17(18)21(26)15-8-11-19(23)20(12-15)24(28)29/h2-12H,1H3. The number of carbonyl (C=O) groups is 3. The zero-order chi connectivity index (χ0) is 21.8. The van der Waals surface area contributed by atoms with E-state index in [0.29, 0.717) is 5.56 Å². The van der Waals surface area contributed by atoms with Crippen LogP contribution in [0.3, 0.4) is 0 Å². The molecule has 3 aromatic carbocycles. The molecular formula is C22H14ClNO6. The molecule has 0 aromatic heterocycles. The van der Waals surface area contributed by atoms with Crippen molar-refractivity contribution in [3.63, 3.8) is 0 Å². The Morgan fingerprint density at radius 3 is 2.10 bits per heavy atom. The van der Waals surface area contributed by atoms with Crippen LogP contribution in [0, 0.1) is 10.1 Å². The van der Waals surface area contributed by atoms with Crippen LogP contribution in [0.4, 0.5) is 5.69 Å². The number of nitro groups is 1. The van der Waals surface area contributed by atoms with Crippen molar-refractivity contribution in [2.45, 2.75) is 6.92 Å². The molecule has 3 rings (SSSR count). The lowest BCUT2D eigenvalue weighted by Crippen LogP contribution is -2.15. The lowest BCUT2D eigenvalue weighted by molar-refractivity contribution is -0.384. The normalized spacial score (nSPS) is 10.3. The number of hydrogen-bond donors (Lipinski definition) is 0. The molecule has 0 fully saturated rings. The van der Waals surface area contributed by atoms with Crippen LogP contribution in [0.5, 0.6) is 5.75 Å². The molecule has 0 aliphatic carbocycles. The van der Waals surface area contributed by atoms with Crippen molar-refractivity contribution in [1.29, 1.82) is 0 Å². The van der Waals surface area contributed by atoms with E-state index in [1.54, 1.807) is 12.1 Å². The van der Waals surface area contributed by atoms with Gasteiger partial charge in [-0.05, 0) is 49.4 Å². The number of ketones is 2. The number of halogens is 1. The van der Waals surface area contributed by atoms with Gasteiger partial charge in [-0.25, -0.2) is 4.79 Å². The van der Waals surface area contributed by atoms with Crippen molar-refractivity contribution in [3.8, 4) is 5.75 Å². The summed E-state index contributed by atoms with van der Waals surface area (Å²) in [6, 6.07) is 15.6. The van der Waals surface area contributed by atoms with Crippen molar-refractivity contribution in [3.05, 3.63) is 104 Å². The first-order valence-electron chi connectivity index (χ1n) is 8.69. The molecule has 150 valence electrons. The molecule has 0 unspecified atom stereocenters. The van der Waals surface area contributed by atoms with Crippen molar-refractivity contribution in [1.82, 2.24) is 0 Å². The number of ether oxygens (including phenoxy) is 1. The summed E-state index contributed by atoms with van der Waals surface area (Å²) in [7, 11) is 0. The molecule has 0 spiro atoms. The van der Waals surface area contributed by atoms with E-state index in [4.69, 9.17) is 16.3 Å². The zero-order valence-electron chi connectivity index (χ0n) is 15.6. The maximum absolute atomic E-state index is 12.9. The number of carbonyl (C=O) groups excluding carboxylic acids is 3. The van der Waals surface area contributed by atoms with E-state index < -0.39 is 22.4 Å². The van der Waals surface area contributed by atoms with Crippen LogP contribution < -0.4 is 4.74 Å². The highest BCUT2D eigenvalue weighted by Crippen LogP contribution is 2.27. The predicted molar refractivity (Wildman–Crippen MR) is 109 cm³/mol. The molecule has 0 amide bonds. The minimum Gasteiger partial charge on any atom is -0.423 e. The quantitative estimate of drug-likeness (QED) is 0.183. The fourth-order valence-corrected chi connectivity index (χ4v) is 2.91. The first-order valence-corrected chi connectivity index (χ1v) is 9.06. The van der Waals surface area contributed by atoms with Crippen LogP contribution in [0.2, 0.25) is 5.02 Å². The van der Waals surface area contributed by atoms with E-state index in [-0.39, 0.29) is 33.2 Å². The van der Waals surface area contributed by atoms with Gasteiger partial charge in [-0.1, -0.05) is 29.8 Å². The number of rotatable bonds is 6. The third kappa shape index (κ3) is 4.42. The lowest BCUT2D eigenvalue weighted by Gasteiger charge is -2.09. The first-order chi connectivity index (χ1) is 14.3. The Morgan fingerprint density at radius 2 is 1.50 bits per heavy atom. The fraction of sp³-hybridized carbons (Fsp3) is 0.0455. The number of hydrogen-bond acceptors (Lipinski definition) is 6. The van der Waals surface area contributed by atoms with E-state index in [0.717, 1.165) is 6.07 Å². The summed E-state index contributed by atoms with van der Waals surface area (Å²) in [5, 5.41) is 11.0. The van der Waals surface area contributed by atoms with Crippen LogP contribution in [0.1, 0.15) is 43.6 Å². The smallest absolute Gasteiger partial charge is 0.344 e. The van der Waals surface area contributed by atoms with Gasteiger partial charge >= 0.3 is 5.97 Å². The minimum atomic E-state index is -0.780. The third-order valence-electron chi connectivity index (χ3n) is 4.27. The van der Waals surface area contributed by atoms with Gasteiger partial charge in [0, 0.05) is 22.8 Å². The van der Waals surface area contributed by atoms with Gasteiger partial charge in [0.2, 0.25) is 0 Å². The predicted octanol–water partition coefficient (Wildman–Crippen LogP) is 4.90. The number of nitrogens with zero attached hydrogens (tertiary/aromatic N) is 1. The van der Waals surface area contributed by atoms with Crippen molar-refractivity contribution in [2.24, 2.45) is 0 Å². The van der Waals surface area contributed by atoms with Crippen LogP contribution >= 0.6 is 11.6 Å². The summed E-state index contributed by atoms with van der Waals surface area (Å²) in [6.07, 6.45) is 0. The van der Waals surface area contributed by atoms with Gasteiger partial charge in [0.25, 0.3) is 5.69 Å². The number of Topliss-reactive ketones (excluding diaryl/α,β-unsaturated/α-hetero) is 1. The largest absolute Gasteiger partial charge is 0.423 e. The molecule has 0 saturated heterocycles. The Balaban J connectivity index is 1.91. The van der Waals surface area contributed by atoms with E-state index >= 15 is 0 Å². The van der Waals surface area contributed by atoms with Gasteiger partial charge in [-0.2, -0.15) is 0 Å². The van der Waals surface area contributed by atoms with Crippen LogP contribution in [0.25, 0.3) is 0 Å². The molecule has 0 atom stereocenters. The van der Waals surface area contributed by atoms with Gasteiger partial charge in [0.1, 0.15) is 10.8 Å². The summed E-state index contributed by atoms with van der Waals surface area (Å²) < 4.78 is 5.31. The molecule has 3 aromatic rings. The average Bonchev–Trinajstić information content (AvgIpc) is 2.73. The summed E-state index contributed by atoms with van der Waals surface area (Å²) in [6.45, 7) is 1.42. The molecule has 7 nitrogen and oxygen atoms in total. The Hall–Kier alpha value is -3.84. The number of esters is 1. The highest BCUT2D eigenvalue weighted by Gasteiger charge is 2.22. The molecule has 8 heteroatoms. The van der Waals surface area contributed by atoms with Gasteiger partial charge in [0.15, 0.2) is 11.6 Å². The molecule has 0 heterocycles.